The van der Waals surface area contributed by atoms with Gasteiger partial charge in [0, 0.05) is 19.4 Å². The van der Waals surface area contributed by atoms with Gasteiger partial charge in [-0.2, -0.15) is 42.1 Å². The van der Waals surface area contributed by atoms with Crippen LogP contribution in [0.25, 0.3) is 0 Å². The quantitative estimate of drug-likeness (QED) is 0.0213. The van der Waals surface area contributed by atoms with E-state index in [0.717, 1.165) is 26.7 Å². The van der Waals surface area contributed by atoms with Crippen molar-refractivity contribution in [2.75, 3.05) is 68.7 Å². The summed E-state index contributed by atoms with van der Waals surface area (Å²) in [6, 6.07) is -11.0. The van der Waals surface area contributed by atoms with E-state index in [1.165, 1.54) is 12.1 Å². The van der Waals surface area contributed by atoms with Crippen LogP contribution in [0.4, 0.5) is 0 Å². The fraction of sp³-hybridized carbons (Fsp3) is 0.721. The molecule has 0 aliphatic carbocycles. The van der Waals surface area contributed by atoms with Gasteiger partial charge < -0.3 is 95.3 Å². The Morgan fingerprint density at radius 2 is 0.882 bits per heavy atom. The molecule has 13 unspecified atom stereocenters. The van der Waals surface area contributed by atoms with Crippen molar-refractivity contribution < 1.29 is 128 Å². The largest absolute Gasteiger partial charge is 0.391 e. The SMILES string of the molecule is CCC(C)CCCCC(=O)NC(CCNCS(=O)(=O)O)C(=O)NC(C(=O)NC(CCNCS(=O)(=O)O)C(=O)NC1CCNC(=O)C(C(C)O)NC(=O)C(CCNCS(=O)(=O)O)NC(=O)C(CCNCS(=O)(=O)O)NC(=O)C(CC(C)C)NC(=O)C(Cc2ccccc2)NC(=O)C(CCNCS(=O)(=O)O)NC1=O)C(C)O. The number of unbranched alkanes of at least 4 members (excludes halogenated alkanes) is 1. The summed E-state index contributed by atoms with van der Waals surface area (Å²) in [7, 11) is -23.5. The number of hydrogen-bond donors (Lipinski definition) is 23. The molecule has 1 aromatic carbocycles. The maximum absolute atomic E-state index is 15.0. The number of benzene rings is 1. The van der Waals surface area contributed by atoms with Gasteiger partial charge in [-0.25, -0.2) is 0 Å². The van der Waals surface area contributed by atoms with Crippen LogP contribution in [0.3, 0.4) is 0 Å². The van der Waals surface area contributed by atoms with Crippen molar-refractivity contribution in [3.05, 3.63) is 35.9 Å². The van der Waals surface area contributed by atoms with Gasteiger partial charge in [0.1, 0.15) is 89.8 Å². The zero-order valence-electron chi connectivity index (χ0n) is 61.7. The predicted octanol–water partition coefficient (Wildman–Crippen LogP) is -7.86. The van der Waals surface area contributed by atoms with Gasteiger partial charge in [0.2, 0.25) is 65.0 Å². The summed E-state index contributed by atoms with van der Waals surface area (Å²) in [6.07, 6.45) is -5.52. The maximum atomic E-state index is 15.0. The first-order valence-electron chi connectivity index (χ1n) is 35.1. The van der Waals surface area contributed by atoms with E-state index in [-0.39, 0.29) is 19.4 Å². The lowest BCUT2D eigenvalue weighted by molar-refractivity contribution is -0.137. The van der Waals surface area contributed by atoms with Gasteiger partial charge in [0.05, 0.1) is 12.2 Å². The summed E-state index contributed by atoms with van der Waals surface area (Å²) < 4.78 is 164. The third kappa shape index (κ3) is 43.5. The highest BCUT2D eigenvalue weighted by Gasteiger charge is 2.38. The standard InChI is InChI=1S/C61H108N16O28S5/c1-7-37(4)13-11-12-16-49(80)68-41(17-23-62-31-106(91,92)93)56(85)77-51(39(6)79)61(90)73-44(20-26-65-34-109(100,101)102)53(82)71-46-22-28-67-60(89)50(38(5)78)76-57(86)45(21-27-66-35-110(103,104)105)70-52(81)42(18-24-63-32-107(94,95)96)72-58(87)47(29-36(2)3)74-59(88)48(30-40-14-9-8-10-15-40)75-55(84)43(69-54(46)83)19-25-64-33-108(97,98)99/h8-10,14-15,36-39,41-48,50-51,62-66,78-79H,7,11-13,16-35H2,1-6H3,(H,67,89)(H,68,80)(H,69,83)(H,70,81)(H,71,82)(H,72,87)(H,73,90)(H,74,88)(H,75,84)(H,76,86)(H,77,85)(H,91,92,93)(H,94,95,96)(H,97,98,99)(H,100,101,102)(H,103,104,105). The second-order valence-corrected chi connectivity index (χ2v) is 34.0. The van der Waals surface area contributed by atoms with Gasteiger partial charge in [-0.05, 0) is 115 Å². The number of amides is 11. The highest BCUT2D eigenvalue weighted by atomic mass is 32.2. The summed E-state index contributed by atoms with van der Waals surface area (Å²) in [5, 5.41) is 59.9. The van der Waals surface area contributed by atoms with E-state index in [0.29, 0.717) is 24.3 Å². The van der Waals surface area contributed by atoms with Crippen molar-refractivity contribution in [1.29, 1.82) is 0 Å². The molecule has 0 saturated carbocycles. The van der Waals surface area contributed by atoms with Gasteiger partial charge >= 0.3 is 0 Å². The topological polar surface area (TPSA) is 693 Å². The van der Waals surface area contributed by atoms with E-state index in [1.807, 2.05) is 13.8 Å². The molecule has 0 radical (unpaired) electrons. The maximum Gasteiger partial charge on any atom is 0.278 e. The molecule has 0 spiro atoms. The van der Waals surface area contributed by atoms with Crippen LogP contribution < -0.4 is 85.1 Å². The zero-order chi connectivity index (χ0) is 83.3. The Balaban J connectivity index is 3.01. The van der Waals surface area contributed by atoms with E-state index in [2.05, 4.69) is 85.1 Å². The minimum absolute atomic E-state index is 0.0882. The first-order valence-corrected chi connectivity index (χ1v) is 43.1. The number of aliphatic hydroxyl groups is 2. The molecule has 0 bridgehead atoms. The summed E-state index contributed by atoms with van der Waals surface area (Å²) in [4.78, 5) is 159. The van der Waals surface area contributed by atoms with E-state index in [4.69, 9.17) is 0 Å². The number of carbonyl (C=O) groups excluding carboxylic acids is 11. The number of aliphatic hydroxyl groups excluding tert-OH is 2. The molecular weight excluding hydrogens is 1570 g/mol. The Bertz CT molecular complexity index is 3790. The molecule has 110 heavy (non-hydrogen) atoms. The summed E-state index contributed by atoms with van der Waals surface area (Å²) in [5.41, 5.74) is 0.362. The molecule has 1 fully saturated rings. The zero-order valence-corrected chi connectivity index (χ0v) is 65.8. The van der Waals surface area contributed by atoms with Crippen LogP contribution >= 0.6 is 0 Å². The number of carbonyl (C=O) groups is 11. The number of hydrogen-bond acceptors (Lipinski definition) is 28. The van der Waals surface area contributed by atoms with Crippen molar-refractivity contribution in [1.82, 2.24) is 85.1 Å². The molecule has 1 heterocycles. The fourth-order valence-electron chi connectivity index (χ4n) is 10.5. The Labute approximate surface area is 639 Å². The minimum Gasteiger partial charge on any atom is -0.391 e. The number of rotatable bonds is 44. The second kappa shape index (κ2) is 48.5. The van der Waals surface area contributed by atoms with Gasteiger partial charge in [-0.15, -0.1) is 0 Å². The van der Waals surface area contributed by atoms with Gasteiger partial charge in [0.25, 0.3) is 50.6 Å². The van der Waals surface area contributed by atoms with E-state index < -0.39 is 301 Å². The molecule has 44 nitrogen and oxygen atoms in total. The van der Waals surface area contributed by atoms with Crippen LogP contribution in [-0.2, 0) is 110 Å². The molecule has 13 atom stereocenters. The molecule has 630 valence electrons. The highest BCUT2D eigenvalue weighted by Crippen LogP contribution is 2.15. The van der Waals surface area contributed by atoms with Crippen LogP contribution in [0.1, 0.15) is 124 Å². The monoisotopic (exact) mass is 1670 g/mol. The third-order valence-corrected chi connectivity index (χ3v) is 19.3. The molecular formula is C61H108N16O28S5. The summed E-state index contributed by atoms with van der Waals surface area (Å²) >= 11 is 0. The highest BCUT2D eigenvalue weighted by molar-refractivity contribution is 7.86. The summed E-state index contributed by atoms with van der Waals surface area (Å²) in [6.45, 7) is 5.94. The normalized spacial score (nSPS) is 21.1. The Kier molecular flexibility index (Phi) is 43.6. The predicted molar refractivity (Wildman–Crippen MR) is 393 cm³/mol. The lowest BCUT2D eigenvalue weighted by Crippen LogP contribution is -2.62. The first kappa shape index (κ1) is 98.7. The third-order valence-electron chi connectivity index (χ3n) is 16.4. The van der Waals surface area contributed by atoms with E-state index in [1.54, 1.807) is 32.0 Å². The first-order chi connectivity index (χ1) is 51.1. The molecule has 1 aliphatic rings. The van der Waals surface area contributed by atoms with Gasteiger partial charge in [-0.1, -0.05) is 77.3 Å². The molecule has 1 saturated heterocycles. The number of nitrogens with one attached hydrogen (secondary N) is 16. The average Bonchev–Trinajstić information content (AvgIpc) is 0.933. The van der Waals surface area contributed by atoms with Gasteiger partial charge in [-0.3, -0.25) is 75.5 Å². The lowest BCUT2D eigenvalue weighted by atomic mass is 10.00. The molecule has 1 aromatic rings. The van der Waals surface area contributed by atoms with E-state index in [9.17, 15) is 123 Å². The smallest absolute Gasteiger partial charge is 0.278 e. The molecule has 11 amide bonds. The molecule has 0 aromatic heterocycles. The van der Waals surface area contributed by atoms with Crippen molar-refractivity contribution in [2.45, 2.75) is 198 Å². The Hall–Kier alpha value is -7.34. The van der Waals surface area contributed by atoms with Gasteiger partial charge in [0.15, 0.2) is 0 Å². The average molecular weight is 1670 g/mol. The van der Waals surface area contributed by atoms with Crippen LogP contribution in [0.5, 0.6) is 0 Å². The molecule has 1 aliphatic heterocycles. The molecule has 2 rings (SSSR count). The van der Waals surface area contributed by atoms with Crippen LogP contribution in [-0.4, -0.2) is 281 Å². The van der Waals surface area contributed by atoms with Crippen molar-refractivity contribution in [2.24, 2.45) is 11.8 Å². The van der Waals surface area contributed by atoms with Crippen LogP contribution in [0.15, 0.2) is 30.3 Å². The van der Waals surface area contributed by atoms with Crippen molar-refractivity contribution in [3.63, 3.8) is 0 Å². The molecule has 23 N–H and O–H groups in total. The van der Waals surface area contributed by atoms with Crippen molar-refractivity contribution >= 4 is 116 Å². The Morgan fingerprint density at radius 1 is 0.473 bits per heavy atom. The second-order valence-electron chi connectivity index (χ2n) is 26.7. The van der Waals surface area contributed by atoms with Crippen LogP contribution in [0.2, 0.25) is 0 Å². The molecule has 49 heteroatoms. The summed E-state index contributed by atoms with van der Waals surface area (Å²) in [5.74, 6) is -18.8. The van der Waals surface area contributed by atoms with E-state index >= 15 is 4.79 Å². The minimum atomic E-state index is -4.78. The van der Waals surface area contributed by atoms with Crippen molar-refractivity contribution in [3.8, 4) is 0 Å². The lowest BCUT2D eigenvalue weighted by Gasteiger charge is -2.29. The Morgan fingerprint density at radius 3 is 1.32 bits per heavy atom. The fourth-order valence-corrected chi connectivity index (χ4v) is 12.5. The van der Waals surface area contributed by atoms with Crippen LogP contribution in [0, 0.1) is 11.8 Å².